The Bertz CT molecular complexity index is 463. The number of hydrogen-bond donors (Lipinski definition) is 0. The molecular formula is C17H20. The average Bonchev–Trinajstić information content (AvgIpc) is 2.39. The Labute approximate surface area is 104 Å². The minimum absolute atomic E-state index is 0.0182. The molecule has 17 heavy (non-hydrogen) atoms. The number of allylic oxidation sites excluding steroid dienone is 5. The van der Waals surface area contributed by atoms with Crippen molar-refractivity contribution in [2.24, 2.45) is 0 Å². The predicted molar refractivity (Wildman–Crippen MR) is 75.3 cm³/mol. The van der Waals surface area contributed by atoms with Gasteiger partial charge in [-0.1, -0.05) is 68.5 Å². The van der Waals surface area contributed by atoms with Gasteiger partial charge in [-0.15, -0.1) is 6.58 Å². The molecule has 0 nitrogen and oxygen atoms in total. The van der Waals surface area contributed by atoms with E-state index in [1.54, 1.807) is 0 Å². The van der Waals surface area contributed by atoms with Crippen LogP contribution in [0.25, 0.3) is 0 Å². The summed E-state index contributed by atoms with van der Waals surface area (Å²) in [6, 6.07) is 8.72. The molecule has 0 saturated heterocycles. The first-order valence-corrected chi connectivity index (χ1v) is 6.27. The molecule has 0 amide bonds. The van der Waals surface area contributed by atoms with E-state index in [1.807, 2.05) is 0 Å². The third-order valence-electron chi connectivity index (χ3n) is 3.54. The van der Waals surface area contributed by atoms with Crippen molar-refractivity contribution in [3.8, 4) is 0 Å². The van der Waals surface area contributed by atoms with Gasteiger partial charge in [-0.25, -0.2) is 0 Å². The Morgan fingerprint density at radius 2 is 2.00 bits per heavy atom. The molecule has 1 aliphatic carbocycles. The zero-order valence-corrected chi connectivity index (χ0v) is 10.7. The van der Waals surface area contributed by atoms with Gasteiger partial charge in [0, 0.05) is 5.41 Å². The number of benzene rings is 1. The molecule has 0 heteroatoms. The Morgan fingerprint density at radius 1 is 1.24 bits per heavy atom. The fraction of sp³-hybridized carbons (Fsp3) is 0.294. The smallest absolute Gasteiger partial charge is 0.0349 e. The van der Waals surface area contributed by atoms with Crippen molar-refractivity contribution < 1.29 is 0 Å². The van der Waals surface area contributed by atoms with Gasteiger partial charge in [-0.3, -0.25) is 0 Å². The van der Waals surface area contributed by atoms with Gasteiger partial charge < -0.3 is 0 Å². The van der Waals surface area contributed by atoms with Gasteiger partial charge >= 0.3 is 0 Å². The summed E-state index contributed by atoms with van der Waals surface area (Å²) in [5, 5.41) is 0. The Morgan fingerprint density at radius 3 is 2.59 bits per heavy atom. The molecule has 1 aromatic carbocycles. The second-order valence-corrected chi connectivity index (χ2v) is 4.98. The van der Waals surface area contributed by atoms with E-state index in [9.17, 15) is 0 Å². The van der Waals surface area contributed by atoms with E-state index >= 15 is 0 Å². The highest BCUT2D eigenvalue weighted by Gasteiger charge is 2.28. The normalized spacial score (nSPS) is 23.0. The Hall–Kier alpha value is -1.56. The van der Waals surface area contributed by atoms with Crippen molar-refractivity contribution in [2.45, 2.75) is 31.6 Å². The van der Waals surface area contributed by atoms with Crippen LogP contribution in [0.2, 0.25) is 0 Å². The molecule has 0 radical (unpaired) electrons. The lowest BCUT2D eigenvalue weighted by molar-refractivity contribution is 0.656. The highest BCUT2D eigenvalue weighted by molar-refractivity contribution is 5.46. The van der Waals surface area contributed by atoms with Crippen LogP contribution in [0.4, 0.5) is 0 Å². The monoisotopic (exact) mass is 224 g/mol. The topological polar surface area (TPSA) is 0 Å². The lowest BCUT2D eigenvalue weighted by Gasteiger charge is -2.31. The fourth-order valence-electron chi connectivity index (χ4n) is 2.52. The number of hydrogen-bond acceptors (Lipinski definition) is 0. The van der Waals surface area contributed by atoms with Crippen LogP contribution >= 0.6 is 0 Å². The molecule has 0 bridgehead atoms. The summed E-state index contributed by atoms with van der Waals surface area (Å²) < 4.78 is 0. The van der Waals surface area contributed by atoms with Crippen molar-refractivity contribution in [3.05, 3.63) is 72.4 Å². The van der Waals surface area contributed by atoms with Crippen molar-refractivity contribution in [1.29, 1.82) is 0 Å². The van der Waals surface area contributed by atoms with Gasteiger partial charge in [0.25, 0.3) is 0 Å². The summed E-state index contributed by atoms with van der Waals surface area (Å²) >= 11 is 0. The van der Waals surface area contributed by atoms with Crippen LogP contribution in [-0.2, 0) is 5.41 Å². The van der Waals surface area contributed by atoms with Gasteiger partial charge in [-0.05, 0) is 23.5 Å². The summed E-state index contributed by atoms with van der Waals surface area (Å²) in [5.74, 6) is 0.544. The maximum absolute atomic E-state index is 4.05. The molecule has 1 aliphatic rings. The molecule has 1 atom stereocenters. The molecule has 0 N–H and O–H groups in total. The predicted octanol–water partition coefficient (Wildman–Crippen LogP) is 4.75. The quantitative estimate of drug-likeness (QED) is 0.650. The minimum atomic E-state index is -0.0182. The van der Waals surface area contributed by atoms with Crippen LogP contribution in [0, 0.1) is 0 Å². The summed E-state index contributed by atoms with van der Waals surface area (Å²) in [4.78, 5) is 0. The number of rotatable bonds is 3. The van der Waals surface area contributed by atoms with Crippen molar-refractivity contribution in [3.63, 3.8) is 0 Å². The Kier molecular flexibility index (Phi) is 3.33. The van der Waals surface area contributed by atoms with Crippen molar-refractivity contribution in [1.82, 2.24) is 0 Å². The molecule has 1 aromatic rings. The standard InChI is InChI=1S/C17H20/c1-4-17(12-8-5-9-13-17)16-11-7-6-10-15(16)14(2)3/h4-12,14H,1,13H2,2-3H3. The Balaban J connectivity index is 2.55. The van der Waals surface area contributed by atoms with Crippen molar-refractivity contribution in [2.75, 3.05) is 0 Å². The van der Waals surface area contributed by atoms with E-state index in [0.717, 1.165) is 6.42 Å². The molecule has 0 fully saturated rings. The molecule has 0 aromatic heterocycles. The first-order valence-electron chi connectivity index (χ1n) is 6.27. The van der Waals surface area contributed by atoms with Crippen LogP contribution in [0.1, 0.15) is 37.3 Å². The molecule has 0 saturated carbocycles. The van der Waals surface area contributed by atoms with E-state index in [2.05, 4.69) is 75.1 Å². The summed E-state index contributed by atoms with van der Waals surface area (Å²) in [6.45, 7) is 8.54. The molecular weight excluding hydrogens is 204 g/mol. The van der Waals surface area contributed by atoms with Gasteiger partial charge in [-0.2, -0.15) is 0 Å². The summed E-state index contributed by atoms with van der Waals surface area (Å²) in [5.41, 5.74) is 2.80. The van der Waals surface area contributed by atoms with Gasteiger partial charge in [0.15, 0.2) is 0 Å². The van der Waals surface area contributed by atoms with Crippen LogP contribution in [0.15, 0.2) is 61.2 Å². The van der Waals surface area contributed by atoms with Crippen LogP contribution in [0.5, 0.6) is 0 Å². The second kappa shape index (κ2) is 4.75. The molecule has 2 rings (SSSR count). The molecule has 0 heterocycles. The third-order valence-corrected chi connectivity index (χ3v) is 3.54. The third kappa shape index (κ3) is 2.12. The van der Waals surface area contributed by atoms with E-state index in [0.29, 0.717) is 5.92 Å². The molecule has 88 valence electrons. The first-order chi connectivity index (χ1) is 8.19. The second-order valence-electron chi connectivity index (χ2n) is 4.98. The highest BCUT2D eigenvalue weighted by Crippen LogP contribution is 2.38. The van der Waals surface area contributed by atoms with E-state index in [4.69, 9.17) is 0 Å². The van der Waals surface area contributed by atoms with Crippen LogP contribution < -0.4 is 0 Å². The molecule has 0 spiro atoms. The highest BCUT2D eigenvalue weighted by atomic mass is 14.3. The minimum Gasteiger partial charge on any atom is -0.102 e. The lowest BCUT2D eigenvalue weighted by Crippen LogP contribution is -2.23. The van der Waals surface area contributed by atoms with Gasteiger partial charge in [0.1, 0.15) is 0 Å². The molecule has 1 unspecified atom stereocenters. The van der Waals surface area contributed by atoms with E-state index in [1.165, 1.54) is 11.1 Å². The molecule has 0 aliphatic heterocycles. The zero-order chi connectivity index (χ0) is 12.3. The first kappa shape index (κ1) is 11.9. The lowest BCUT2D eigenvalue weighted by atomic mass is 9.72. The summed E-state index contributed by atoms with van der Waals surface area (Å²) in [6.07, 6.45) is 11.8. The maximum atomic E-state index is 4.05. The van der Waals surface area contributed by atoms with Crippen LogP contribution in [0.3, 0.4) is 0 Å². The average molecular weight is 224 g/mol. The fourth-order valence-corrected chi connectivity index (χ4v) is 2.52. The largest absolute Gasteiger partial charge is 0.102 e. The van der Waals surface area contributed by atoms with Gasteiger partial charge in [0.2, 0.25) is 0 Å². The summed E-state index contributed by atoms with van der Waals surface area (Å²) in [7, 11) is 0. The zero-order valence-electron chi connectivity index (χ0n) is 10.7. The van der Waals surface area contributed by atoms with E-state index < -0.39 is 0 Å². The SMILES string of the molecule is C=CC1(c2ccccc2C(C)C)C=CC=CC1. The van der Waals surface area contributed by atoms with Crippen LogP contribution in [-0.4, -0.2) is 0 Å². The van der Waals surface area contributed by atoms with E-state index in [-0.39, 0.29) is 5.41 Å². The van der Waals surface area contributed by atoms with Crippen molar-refractivity contribution >= 4 is 0 Å². The maximum Gasteiger partial charge on any atom is 0.0349 e. The van der Waals surface area contributed by atoms with Gasteiger partial charge in [0.05, 0.1) is 0 Å².